The predicted octanol–water partition coefficient (Wildman–Crippen LogP) is 5.59. The monoisotopic (exact) mass is 416 g/mol. The summed E-state index contributed by atoms with van der Waals surface area (Å²) in [6, 6.07) is 11.1. The van der Waals surface area contributed by atoms with Crippen LogP contribution in [0.2, 0.25) is 10.0 Å². The maximum atomic E-state index is 12.9. The van der Waals surface area contributed by atoms with Crippen molar-refractivity contribution in [3.05, 3.63) is 63.1 Å². The number of carbonyl (C=O) groups is 1. The largest absolute Gasteiger partial charge is 0.385 e. The first-order chi connectivity index (χ1) is 13.4. The Bertz CT molecular complexity index is 1030. The number of halogens is 2. The minimum Gasteiger partial charge on any atom is -0.385 e. The van der Waals surface area contributed by atoms with Gasteiger partial charge in [-0.2, -0.15) is 0 Å². The summed E-state index contributed by atoms with van der Waals surface area (Å²) in [5, 5.41) is 4.84. The lowest BCUT2D eigenvalue weighted by Gasteiger charge is -2.13. The molecule has 1 heterocycles. The molecular weight excluding hydrogens is 395 g/mol. The first kappa shape index (κ1) is 20.6. The van der Waals surface area contributed by atoms with Crippen molar-refractivity contribution in [1.29, 1.82) is 0 Å². The molecule has 2 aromatic carbocycles. The van der Waals surface area contributed by atoms with Gasteiger partial charge in [-0.25, -0.2) is 4.98 Å². The number of fused-ring (bicyclic) bond motifs is 1. The van der Waals surface area contributed by atoms with Crippen molar-refractivity contribution >= 4 is 40.0 Å². The fraction of sp³-hybridized carbons (Fsp3) is 0.273. The van der Waals surface area contributed by atoms with Gasteiger partial charge in [-0.1, -0.05) is 34.8 Å². The van der Waals surface area contributed by atoms with Gasteiger partial charge in [-0.05, 0) is 56.2 Å². The number of nitrogens with one attached hydrogen (secondary N) is 1. The van der Waals surface area contributed by atoms with Gasteiger partial charge in [0.2, 0.25) is 0 Å². The molecule has 1 N–H and O–H groups in total. The smallest absolute Gasteiger partial charge is 0.252 e. The van der Waals surface area contributed by atoms with E-state index in [9.17, 15) is 4.79 Å². The van der Waals surface area contributed by atoms with E-state index in [2.05, 4.69) is 11.4 Å². The van der Waals surface area contributed by atoms with E-state index in [0.29, 0.717) is 34.5 Å². The highest BCUT2D eigenvalue weighted by molar-refractivity contribution is 6.36. The highest BCUT2D eigenvalue weighted by atomic mass is 35.5. The number of aryl methyl sites for hydroxylation is 2. The number of aromatic nitrogens is 1. The molecule has 0 bridgehead atoms. The van der Waals surface area contributed by atoms with Gasteiger partial charge in [0.05, 0.1) is 21.8 Å². The summed E-state index contributed by atoms with van der Waals surface area (Å²) in [5.41, 5.74) is 4.84. The normalized spacial score (nSPS) is 11.0. The maximum absolute atomic E-state index is 12.9. The zero-order chi connectivity index (χ0) is 20.3. The van der Waals surface area contributed by atoms with Crippen LogP contribution in [0.4, 0.5) is 0 Å². The summed E-state index contributed by atoms with van der Waals surface area (Å²) < 4.78 is 5.04. The summed E-state index contributed by atoms with van der Waals surface area (Å²) in [7, 11) is 1.64. The van der Waals surface area contributed by atoms with Crippen molar-refractivity contribution in [1.82, 2.24) is 10.3 Å². The number of ether oxygens (including phenoxy) is 1. The van der Waals surface area contributed by atoms with Gasteiger partial charge in [0, 0.05) is 36.2 Å². The van der Waals surface area contributed by atoms with E-state index in [-0.39, 0.29) is 5.91 Å². The highest BCUT2D eigenvalue weighted by Gasteiger charge is 2.17. The third-order valence-electron chi connectivity index (χ3n) is 4.51. The van der Waals surface area contributed by atoms with Gasteiger partial charge in [-0.15, -0.1) is 0 Å². The van der Waals surface area contributed by atoms with Gasteiger partial charge in [0.15, 0.2) is 0 Å². The maximum Gasteiger partial charge on any atom is 0.252 e. The Balaban J connectivity index is 2.13. The number of pyridine rings is 1. The van der Waals surface area contributed by atoms with Crippen LogP contribution in [-0.2, 0) is 4.74 Å². The van der Waals surface area contributed by atoms with Crippen LogP contribution in [0.1, 0.15) is 27.9 Å². The van der Waals surface area contributed by atoms with Crippen LogP contribution in [0, 0.1) is 13.8 Å². The molecule has 3 rings (SSSR count). The number of nitrogens with zero attached hydrogens (tertiary/aromatic N) is 1. The summed E-state index contributed by atoms with van der Waals surface area (Å²) in [5.74, 6) is -0.139. The highest BCUT2D eigenvalue weighted by Crippen LogP contribution is 2.33. The van der Waals surface area contributed by atoms with Crippen molar-refractivity contribution in [3.63, 3.8) is 0 Å². The second-order valence-electron chi connectivity index (χ2n) is 6.76. The molecule has 0 saturated carbocycles. The molecule has 146 valence electrons. The lowest BCUT2D eigenvalue weighted by atomic mass is 9.99. The van der Waals surface area contributed by atoms with Gasteiger partial charge in [0.25, 0.3) is 5.91 Å². The molecule has 0 unspecified atom stereocenters. The zero-order valence-corrected chi connectivity index (χ0v) is 17.6. The molecule has 0 aliphatic rings. The minimum atomic E-state index is -0.139. The van der Waals surface area contributed by atoms with Crippen LogP contribution in [-0.4, -0.2) is 31.2 Å². The van der Waals surface area contributed by atoms with E-state index in [4.69, 9.17) is 32.9 Å². The average Bonchev–Trinajstić information content (AvgIpc) is 2.64. The Morgan fingerprint density at radius 3 is 2.64 bits per heavy atom. The SMILES string of the molecule is COCCCNC(=O)c1cc(-c2ccc(Cl)cc2Cl)nc2c(C)cc(C)cc12. The van der Waals surface area contributed by atoms with Crippen LogP contribution < -0.4 is 5.32 Å². The van der Waals surface area contributed by atoms with Crippen LogP contribution in [0.15, 0.2) is 36.4 Å². The van der Waals surface area contributed by atoms with Crippen molar-refractivity contribution in [3.8, 4) is 11.3 Å². The fourth-order valence-electron chi connectivity index (χ4n) is 3.22. The van der Waals surface area contributed by atoms with E-state index in [0.717, 1.165) is 34.0 Å². The molecule has 3 aromatic rings. The molecule has 0 radical (unpaired) electrons. The molecule has 6 heteroatoms. The Kier molecular flexibility index (Phi) is 6.55. The van der Waals surface area contributed by atoms with Crippen LogP contribution in [0.25, 0.3) is 22.2 Å². The molecule has 0 saturated heterocycles. The Morgan fingerprint density at radius 2 is 1.93 bits per heavy atom. The van der Waals surface area contributed by atoms with Gasteiger partial charge < -0.3 is 10.1 Å². The molecule has 1 aromatic heterocycles. The lowest BCUT2D eigenvalue weighted by Crippen LogP contribution is -2.25. The standard InChI is InChI=1S/C22H22Cl2N2O2/c1-13-9-14(2)21-17(10-13)18(22(27)25-7-4-8-28-3)12-20(26-21)16-6-5-15(23)11-19(16)24/h5-6,9-12H,4,7-8H2,1-3H3,(H,25,27). The summed E-state index contributed by atoms with van der Waals surface area (Å²) in [6.07, 6.45) is 0.749. The molecule has 0 aliphatic carbocycles. The summed E-state index contributed by atoms with van der Waals surface area (Å²) in [6.45, 7) is 5.14. The molecule has 0 aliphatic heterocycles. The fourth-order valence-corrected chi connectivity index (χ4v) is 3.72. The topological polar surface area (TPSA) is 51.2 Å². The number of rotatable bonds is 6. The summed E-state index contributed by atoms with van der Waals surface area (Å²) >= 11 is 12.4. The molecule has 0 spiro atoms. The van der Waals surface area contributed by atoms with Crippen LogP contribution in [0.5, 0.6) is 0 Å². The minimum absolute atomic E-state index is 0.139. The molecule has 28 heavy (non-hydrogen) atoms. The number of methoxy groups -OCH3 is 1. The summed E-state index contributed by atoms with van der Waals surface area (Å²) in [4.78, 5) is 17.7. The quantitative estimate of drug-likeness (QED) is 0.532. The van der Waals surface area contributed by atoms with Crippen molar-refractivity contribution in [2.45, 2.75) is 20.3 Å². The van der Waals surface area contributed by atoms with Crippen LogP contribution >= 0.6 is 23.2 Å². The molecule has 1 amide bonds. The Morgan fingerprint density at radius 1 is 1.14 bits per heavy atom. The number of benzene rings is 2. The van der Waals surface area contributed by atoms with Gasteiger partial charge in [0.1, 0.15) is 0 Å². The van der Waals surface area contributed by atoms with E-state index < -0.39 is 0 Å². The van der Waals surface area contributed by atoms with Crippen LogP contribution in [0.3, 0.4) is 0 Å². The Labute approximate surface area is 174 Å². The van der Waals surface area contributed by atoms with Gasteiger partial charge >= 0.3 is 0 Å². The number of carbonyl (C=O) groups excluding carboxylic acids is 1. The Hall–Kier alpha value is -2.14. The molecule has 0 fully saturated rings. The third kappa shape index (κ3) is 4.46. The first-order valence-electron chi connectivity index (χ1n) is 9.05. The third-order valence-corrected chi connectivity index (χ3v) is 5.06. The lowest BCUT2D eigenvalue weighted by molar-refractivity contribution is 0.0950. The second kappa shape index (κ2) is 8.91. The van der Waals surface area contributed by atoms with E-state index >= 15 is 0 Å². The number of hydrogen-bond donors (Lipinski definition) is 1. The van der Waals surface area contributed by atoms with E-state index in [1.54, 1.807) is 25.3 Å². The second-order valence-corrected chi connectivity index (χ2v) is 7.60. The zero-order valence-electron chi connectivity index (χ0n) is 16.1. The van der Waals surface area contributed by atoms with Gasteiger partial charge in [-0.3, -0.25) is 4.79 Å². The number of amides is 1. The molecule has 4 nitrogen and oxygen atoms in total. The molecule has 0 atom stereocenters. The first-order valence-corrected chi connectivity index (χ1v) is 9.81. The molecular formula is C22H22Cl2N2O2. The number of hydrogen-bond acceptors (Lipinski definition) is 3. The van der Waals surface area contributed by atoms with Crippen molar-refractivity contribution in [2.24, 2.45) is 0 Å². The van der Waals surface area contributed by atoms with E-state index in [1.807, 2.05) is 26.0 Å². The van der Waals surface area contributed by atoms with E-state index in [1.165, 1.54) is 0 Å². The van der Waals surface area contributed by atoms with Crippen molar-refractivity contribution in [2.75, 3.05) is 20.3 Å². The predicted molar refractivity (Wildman–Crippen MR) is 115 cm³/mol. The van der Waals surface area contributed by atoms with Crippen molar-refractivity contribution < 1.29 is 9.53 Å². The average molecular weight is 417 g/mol.